The average Bonchev–Trinajstić information content (AvgIpc) is 2.04. The molecule has 1 radical (unpaired) electrons. The molecule has 0 spiro atoms. The van der Waals surface area contributed by atoms with Gasteiger partial charge >= 0.3 is 0 Å². The van der Waals surface area contributed by atoms with Crippen molar-refractivity contribution >= 4 is 5.69 Å². The summed E-state index contributed by atoms with van der Waals surface area (Å²) in [6.45, 7) is 0.895. The number of benzene rings is 1. The van der Waals surface area contributed by atoms with Gasteiger partial charge in [-0.3, -0.25) is 0 Å². The standard InChI is InChI=1S/C8H8NO2/c9-7-2-1-6-4-10-5-11-8(6)3-7/h1-3,9H,4-5H2. The van der Waals surface area contributed by atoms with Crippen LogP contribution in [0, 0.1) is 0 Å². The van der Waals surface area contributed by atoms with Crippen molar-refractivity contribution in [2.75, 3.05) is 6.79 Å². The summed E-state index contributed by atoms with van der Waals surface area (Å²) in [5.74, 6) is 0.781. The first-order chi connectivity index (χ1) is 5.36. The number of rotatable bonds is 0. The molecule has 0 saturated heterocycles. The molecule has 0 amide bonds. The first kappa shape index (κ1) is 6.49. The second kappa shape index (κ2) is 2.43. The quantitative estimate of drug-likeness (QED) is 0.562. The predicted molar refractivity (Wildman–Crippen MR) is 39.5 cm³/mol. The minimum atomic E-state index is 0.302. The maximum atomic E-state index is 7.31. The van der Waals surface area contributed by atoms with E-state index in [0.29, 0.717) is 19.1 Å². The summed E-state index contributed by atoms with van der Waals surface area (Å²) < 4.78 is 10.2. The highest BCUT2D eigenvalue weighted by Crippen LogP contribution is 2.25. The third-order valence-corrected chi connectivity index (χ3v) is 1.62. The Kier molecular flexibility index (Phi) is 1.43. The topological polar surface area (TPSA) is 42.3 Å². The van der Waals surface area contributed by atoms with Gasteiger partial charge in [-0.05, 0) is 6.07 Å². The summed E-state index contributed by atoms with van der Waals surface area (Å²) in [5.41, 5.74) is 8.81. The molecule has 57 valence electrons. The second-order valence-corrected chi connectivity index (χ2v) is 2.43. The van der Waals surface area contributed by atoms with E-state index in [4.69, 9.17) is 15.2 Å². The molecule has 2 rings (SSSR count). The Morgan fingerprint density at radius 3 is 3.18 bits per heavy atom. The van der Waals surface area contributed by atoms with E-state index in [9.17, 15) is 0 Å². The van der Waals surface area contributed by atoms with Crippen LogP contribution >= 0.6 is 0 Å². The molecule has 1 aromatic carbocycles. The summed E-state index contributed by atoms with van der Waals surface area (Å²) in [5, 5.41) is 0. The molecular weight excluding hydrogens is 142 g/mol. The molecule has 0 aliphatic carbocycles. The van der Waals surface area contributed by atoms with Crippen LogP contribution in [0.5, 0.6) is 5.75 Å². The third-order valence-electron chi connectivity index (χ3n) is 1.62. The Balaban J connectivity index is 2.43. The van der Waals surface area contributed by atoms with E-state index in [1.54, 1.807) is 12.1 Å². The summed E-state index contributed by atoms with van der Waals surface area (Å²) in [6.07, 6.45) is 0. The van der Waals surface area contributed by atoms with Crippen molar-refractivity contribution in [2.45, 2.75) is 6.61 Å². The van der Waals surface area contributed by atoms with Gasteiger partial charge in [-0.15, -0.1) is 0 Å². The van der Waals surface area contributed by atoms with Crippen LogP contribution in [0.2, 0.25) is 0 Å². The molecule has 1 N–H and O–H groups in total. The van der Waals surface area contributed by atoms with E-state index in [2.05, 4.69) is 0 Å². The molecule has 1 aliphatic rings. The number of fused-ring (bicyclic) bond motifs is 1. The van der Waals surface area contributed by atoms with Crippen LogP contribution in [-0.4, -0.2) is 6.79 Å². The second-order valence-electron chi connectivity index (χ2n) is 2.43. The van der Waals surface area contributed by atoms with Gasteiger partial charge in [-0.1, -0.05) is 6.07 Å². The van der Waals surface area contributed by atoms with E-state index in [1.165, 1.54) is 0 Å². The summed E-state index contributed by atoms with van der Waals surface area (Å²) >= 11 is 0. The fourth-order valence-corrected chi connectivity index (χ4v) is 1.06. The Hall–Kier alpha value is -1.22. The van der Waals surface area contributed by atoms with Crippen LogP contribution < -0.4 is 10.5 Å². The van der Waals surface area contributed by atoms with Crippen LogP contribution in [0.4, 0.5) is 5.69 Å². The van der Waals surface area contributed by atoms with Gasteiger partial charge in [0, 0.05) is 11.6 Å². The number of hydrogen-bond acceptors (Lipinski definition) is 2. The Morgan fingerprint density at radius 2 is 2.27 bits per heavy atom. The van der Waals surface area contributed by atoms with Crippen molar-refractivity contribution in [3.05, 3.63) is 23.8 Å². The highest BCUT2D eigenvalue weighted by molar-refractivity contribution is 5.46. The zero-order valence-electron chi connectivity index (χ0n) is 5.96. The fourth-order valence-electron chi connectivity index (χ4n) is 1.06. The van der Waals surface area contributed by atoms with Crippen LogP contribution in [0.15, 0.2) is 18.2 Å². The lowest BCUT2D eigenvalue weighted by Crippen LogP contribution is -2.10. The van der Waals surface area contributed by atoms with Gasteiger partial charge in [0.05, 0.1) is 12.3 Å². The van der Waals surface area contributed by atoms with Gasteiger partial charge < -0.3 is 15.2 Å². The van der Waals surface area contributed by atoms with E-state index >= 15 is 0 Å². The molecule has 0 saturated carbocycles. The lowest BCUT2D eigenvalue weighted by Gasteiger charge is -2.17. The first-order valence-corrected chi connectivity index (χ1v) is 3.41. The largest absolute Gasteiger partial charge is 0.467 e. The molecule has 3 nitrogen and oxygen atoms in total. The minimum absolute atomic E-state index is 0.302. The zero-order valence-corrected chi connectivity index (χ0v) is 5.96. The molecule has 0 fully saturated rings. The van der Waals surface area contributed by atoms with Gasteiger partial charge in [-0.25, -0.2) is 0 Å². The van der Waals surface area contributed by atoms with Gasteiger partial charge in [0.1, 0.15) is 5.75 Å². The fraction of sp³-hybridized carbons (Fsp3) is 0.250. The van der Waals surface area contributed by atoms with Gasteiger partial charge in [-0.2, -0.15) is 0 Å². The molecule has 1 aromatic rings. The van der Waals surface area contributed by atoms with Crippen molar-refractivity contribution in [2.24, 2.45) is 0 Å². The molecule has 0 unspecified atom stereocenters. The van der Waals surface area contributed by atoms with Crippen LogP contribution in [0.25, 0.3) is 0 Å². The molecular formula is C8H8NO2. The predicted octanol–water partition coefficient (Wildman–Crippen LogP) is 1.47. The normalized spacial score (nSPS) is 15.3. The maximum Gasteiger partial charge on any atom is 0.189 e. The molecule has 11 heavy (non-hydrogen) atoms. The van der Waals surface area contributed by atoms with Crippen LogP contribution in [0.1, 0.15) is 5.56 Å². The van der Waals surface area contributed by atoms with Gasteiger partial charge in [0.25, 0.3) is 0 Å². The van der Waals surface area contributed by atoms with Crippen molar-refractivity contribution in [1.82, 2.24) is 5.73 Å². The molecule has 0 aromatic heterocycles. The average molecular weight is 150 g/mol. The van der Waals surface area contributed by atoms with E-state index in [-0.39, 0.29) is 0 Å². The molecule has 1 aliphatic heterocycles. The van der Waals surface area contributed by atoms with Crippen molar-refractivity contribution in [3.63, 3.8) is 0 Å². The molecule has 3 heteroatoms. The molecule has 0 atom stereocenters. The third kappa shape index (κ3) is 1.14. The molecule has 0 bridgehead atoms. The highest BCUT2D eigenvalue weighted by Gasteiger charge is 2.09. The zero-order chi connectivity index (χ0) is 7.68. The van der Waals surface area contributed by atoms with Crippen molar-refractivity contribution in [1.29, 1.82) is 0 Å². The van der Waals surface area contributed by atoms with Crippen LogP contribution in [-0.2, 0) is 11.3 Å². The van der Waals surface area contributed by atoms with E-state index < -0.39 is 0 Å². The number of ether oxygens (including phenoxy) is 2. The maximum absolute atomic E-state index is 7.31. The minimum Gasteiger partial charge on any atom is -0.467 e. The summed E-state index contributed by atoms with van der Waals surface area (Å²) in [6, 6.07) is 5.30. The van der Waals surface area contributed by atoms with Crippen molar-refractivity contribution in [3.8, 4) is 5.75 Å². The first-order valence-electron chi connectivity index (χ1n) is 3.41. The van der Waals surface area contributed by atoms with Gasteiger partial charge in [0.15, 0.2) is 6.79 Å². The SMILES string of the molecule is [NH]c1ccc2c(c1)OCOC2. The molecule has 1 heterocycles. The Morgan fingerprint density at radius 1 is 1.36 bits per heavy atom. The van der Waals surface area contributed by atoms with Crippen LogP contribution in [0.3, 0.4) is 0 Å². The highest BCUT2D eigenvalue weighted by atomic mass is 16.7. The smallest absolute Gasteiger partial charge is 0.189 e. The lowest BCUT2D eigenvalue weighted by molar-refractivity contribution is -0.0163. The van der Waals surface area contributed by atoms with Gasteiger partial charge in [0.2, 0.25) is 0 Å². The Labute approximate surface area is 64.7 Å². The number of nitrogens with one attached hydrogen (secondary N) is 1. The number of hydrogen-bond donors (Lipinski definition) is 0. The summed E-state index contributed by atoms with van der Waals surface area (Å²) in [7, 11) is 0. The van der Waals surface area contributed by atoms with E-state index in [0.717, 1.165) is 11.3 Å². The van der Waals surface area contributed by atoms with E-state index in [1.807, 2.05) is 6.07 Å². The monoisotopic (exact) mass is 150 g/mol. The summed E-state index contributed by atoms with van der Waals surface area (Å²) in [4.78, 5) is 0. The Bertz CT molecular complexity index is 273. The van der Waals surface area contributed by atoms with Crippen molar-refractivity contribution < 1.29 is 9.47 Å². The lowest BCUT2D eigenvalue weighted by atomic mass is 10.2.